The zero-order valence-electron chi connectivity index (χ0n) is 12.0. The van der Waals surface area contributed by atoms with Crippen LogP contribution in [0.3, 0.4) is 0 Å². The SMILES string of the molecule is CCCC(=O)N[C@@H](C)c1ccc(-c2cccnc2)cc1. The molecule has 104 valence electrons. The monoisotopic (exact) mass is 268 g/mol. The minimum absolute atomic E-state index is 0.0389. The van der Waals surface area contributed by atoms with Gasteiger partial charge in [0.05, 0.1) is 6.04 Å². The van der Waals surface area contributed by atoms with Crippen LogP contribution in [0.25, 0.3) is 11.1 Å². The maximum absolute atomic E-state index is 11.6. The number of benzene rings is 1. The van der Waals surface area contributed by atoms with Crippen LogP contribution in [0.2, 0.25) is 0 Å². The fourth-order valence-corrected chi connectivity index (χ4v) is 2.12. The maximum atomic E-state index is 11.6. The first-order chi connectivity index (χ1) is 9.70. The summed E-state index contributed by atoms with van der Waals surface area (Å²) in [6, 6.07) is 12.2. The predicted molar refractivity (Wildman–Crippen MR) is 81.1 cm³/mol. The van der Waals surface area contributed by atoms with Crippen LogP contribution in [0.5, 0.6) is 0 Å². The molecule has 0 aliphatic heterocycles. The van der Waals surface area contributed by atoms with Crippen molar-refractivity contribution in [2.75, 3.05) is 0 Å². The van der Waals surface area contributed by atoms with Crippen LogP contribution in [0.4, 0.5) is 0 Å². The summed E-state index contributed by atoms with van der Waals surface area (Å²) in [5, 5.41) is 3.01. The first-order valence-corrected chi connectivity index (χ1v) is 7.00. The highest BCUT2D eigenvalue weighted by molar-refractivity contribution is 5.76. The number of hydrogen-bond acceptors (Lipinski definition) is 2. The molecule has 0 aliphatic carbocycles. The van der Waals surface area contributed by atoms with Crippen molar-refractivity contribution in [3.05, 3.63) is 54.4 Å². The summed E-state index contributed by atoms with van der Waals surface area (Å²) in [5.41, 5.74) is 3.35. The first kappa shape index (κ1) is 14.3. The smallest absolute Gasteiger partial charge is 0.220 e. The quantitative estimate of drug-likeness (QED) is 0.897. The number of nitrogens with zero attached hydrogens (tertiary/aromatic N) is 1. The zero-order valence-corrected chi connectivity index (χ0v) is 12.0. The number of pyridine rings is 1. The summed E-state index contributed by atoms with van der Waals surface area (Å²) in [7, 11) is 0. The van der Waals surface area contributed by atoms with Crippen molar-refractivity contribution in [2.45, 2.75) is 32.7 Å². The van der Waals surface area contributed by atoms with Crippen LogP contribution in [0, 0.1) is 0 Å². The molecule has 3 heteroatoms. The number of carbonyl (C=O) groups excluding carboxylic acids is 1. The van der Waals surface area contributed by atoms with Crippen molar-refractivity contribution in [3.8, 4) is 11.1 Å². The molecule has 20 heavy (non-hydrogen) atoms. The second kappa shape index (κ2) is 6.85. The standard InChI is InChI=1S/C17H20N2O/c1-3-5-17(20)19-13(2)14-7-9-15(10-8-14)16-6-4-11-18-12-16/h4,6-13H,3,5H2,1-2H3,(H,19,20)/t13-/m0/s1. The minimum atomic E-state index is 0.0389. The highest BCUT2D eigenvalue weighted by Crippen LogP contribution is 2.21. The van der Waals surface area contributed by atoms with Gasteiger partial charge < -0.3 is 5.32 Å². The lowest BCUT2D eigenvalue weighted by Gasteiger charge is -2.14. The van der Waals surface area contributed by atoms with Gasteiger partial charge >= 0.3 is 0 Å². The zero-order chi connectivity index (χ0) is 14.4. The van der Waals surface area contributed by atoms with E-state index in [2.05, 4.69) is 34.6 Å². The second-order valence-electron chi connectivity index (χ2n) is 4.90. The Hall–Kier alpha value is -2.16. The Kier molecular flexibility index (Phi) is 4.88. The Morgan fingerprint density at radius 3 is 2.55 bits per heavy atom. The fraction of sp³-hybridized carbons (Fsp3) is 0.294. The number of aromatic nitrogens is 1. The van der Waals surface area contributed by atoms with Crippen molar-refractivity contribution >= 4 is 5.91 Å². The van der Waals surface area contributed by atoms with Gasteiger partial charge in [-0.2, -0.15) is 0 Å². The molecule has 0 saturated carbocycles. The average molecular weight is 268 g/mol. The molecule has 1 amide bonds. The van der Waals surface area contributed by atoms with Crippen molar-refractivity contribution in [1.82, 2.24) is 10.3 Å². The molecule has 1 atom stereocenters. The molecule has 2 rings (SSSR count). The normalized spacial score (nSPS) is 11.9. The molecule has 1 heterocycles. The van der Waals surface area contributed by atoms with Crippen molar-refractivity contribution in [3.63, 3.8) is 0 Å². The van der Waals surface area contributed by atoms with Gasteiger partial charge in [0.1, 0.15) is 0 Å². The molecule has 0 saturated heterocycles. The van der Waals surface area contributed by atoms with E-state index >= 15 is 0 Å². The van der Waals surface area contributed by atoms with Gasteiger partial charge in [0.25, 0.3) is 0 Å². The number of nitrogens with one attached hydrogen (secondary N) is 1. The van der Waals surface area contributed by atoms with Gasteiger partial charge in [-0.15, -0.1) is 0 Å². The average Bonchev–Trinajstić information content (AvgIpc) is 2.48. The van der Waals surface area contributed by atoms with E-state index in [9.17, 15) is 4.79 Å². The van der Waals surface area contributed by atoms with Crippen LogP contribution in [-0.2, 0) is 4.79 Å². The summed E-state index contributed by atoms with van der Waals surface area (Å²) in [6.45, 7) is 4.01. The Balaban J connectivity index is 2.06. The summed E-state index contributed by atoms with van der Waals surface area (Å²) in [5.74, 6) is 0.108. The number of rotatable bonds is 5. The number of carbonyl (C=O) groups is 1. The van der Waals surface area contributed by atoms with E-state index in [4.69, 9.17) is 0 Å². The first-order valence-electron chi connectivity index (χ1n) is 7.00. The second-order valence-corrected chi connectivity index (χ2v) is 4.90. The van der Waals surface area contributed by atoms with E-state index in [0.29, 0.717) is 6.42 Å². The topological polar surface area (TPSA) is 42.0 Å². The molecule has 1 aromatic carbocycles. The molecule has 3 nitrogen and oxygen atoms in total. The van der Waals surface area contributed by atoms with Crippen molar-refractivity contribution < 1.29 is 4.79 Å². The summed E-state index contributed by atoms with van der Waals surface area (Å²) >= 11 is 0. The van der Waals surface area contributed by atoms with Crippen LogP contribution >= 0.6 is 0 Å². The van der Waals surface area contributed by atoms with E-state index in [1.807, 2.05) is 32.2 Å². The Labute approximate surface area is 120 Å². The molecule has 0 unspecified atom stereocenters. The third-order valence-electron chi connectivity index (χ3n) is 3.26. The Morgan fingerprint density at radius 2 is 1.95 bits per heavy atom. The molecule has 1 N–H and O–H groups in total. The molecular weight excluding hydrogens is 248 g/mol. The van der Waals surface area contributed by atoms with E-state index in [-0.39, 0.29) is 11.9 Å². The molecule has 0 radical (unpaired) electrons. The lowest BCUT2D eigenvalue weighted by molar-refractivity contribution is -0.121. The van der Waals surface area contributed by atoms with Crippen LogP contribution in [-0.4, -0.2) is 10.9 Å². The van der Waals surface area contributed by atoms with E-state index in [1.54, 1.807) is 6.20 Å². The molecule has 0 aliphatic rings. The molecular formula is C17H20N2O. The van der Waals surface area contributed by atoms with E-state index < -0.39 is 0 Å². The predicted octanol–water partition coefficient (Wildman–Crippen LogP) is 3.73. The van der Waals surface area contributed by atoms with Crippen molar-refractivity contribution in [1.29, 1.82) is 0 Å². The number of amides is 1. The lowest BCUT2D eigenvalue weighted by Crippen LogP contribution is -2.26. The summed E-state index contributed by atoms with van der Waals surface area (Å²) in [4.78, 5) is 15.7. The van der Waals surface area contributed by atoms with Crippen LogP contribution in [0.15, 0.2) is 48.8 Å². The van der Waals surface area contributed by atoms with Gasteiger partial charge in [0, 0.05) is 18.8 Å². The summed E-state index contributed by atoms with van der Waals surface area (Å²) in [6.07, 6.45) is 5.07. The van der Waals surface area contributed by atoms with Gasteiger partial charge in [-0.1, -0.05) is 37.3 Å². The van der Waals surface area contributed by atoms with Crippen LogP contribution < -0.4 is 5.32 Å². The molecule has 0 bridgehead atoms. The third-order valence-corrected chi connectivity index (χ3v) is 3.26. The molecule has 0 spiro atoms. The number of hydrogen-bond donors (Lipinski definition) is 1. The van der Waals surface area contributed by atoms with Gasteiger partial charge in [-0.3, -0.25) is 9.78 Å². The summed E-state index contributed by atoms with van der Waals surface area (Å²) < 4.78 is 0. The van der Waals surface area contributed by atoms with Gasteiger partial charge in [0.15, 0.2) is 0 Å². The third kappa shape index (κ3) is 3.67. The maximum Gasteiger partial charge on any atom is 0.220 e. The van der Waals surface area contributed by atoms with Gasteiger partial charge in [-0.05, 0) is 36.1 Å². The Bertz CT molecular complexity index is 549. The lowest BCUT2D eigenvalue weighted by atomic mass is 10.0. The minimum Gasteiger partial charge on any atom is -0.350 e. The van der Waals surface area contributed by atoms with Gasteiger partial charge in [-0.25, -0.2) is 0 Å². The Morgan fingerprint density at radius 1 is 1.20 bits per heavy atom. The highest BCUT2D eigenvalue weighted by atomic mass is 16.1. The van der Waals surface area contributed by atoms with Crippen molar-refractivity contribution in [2.24, 2.45) is 0 Å². The molecule has 0 fully saturated rings. The highest BCUT2D eigenvalue weighted by Gasteiger charge is 2.08. The largest absolute Gasteiger partial charge is 0.350 e. The van der Waals surface area contributed by atoms with Gasteiger partial charge in [0.2, 0.25) is 5.91 Å². The van der Waals surface area contributed by atoms with Crippen LogP contribution in [0.1, 0.15) is 38.3 Å². The fourth-order valence-electron chi connectivity index (χ4n) is 2.12. The molecule has 1 aromatic heterocycles. The van der Waals surface area contributed by atoms with E-state index in [0.717, 1.165) is 23.1 Å². The molecule has 2 aromatic rings. The van der Waals surface area contributed by atoms with E-state index in [1.165, 1.54) is 0 Å².